The molecule has 0 fully saturated rings. The number of methoxy groups -OCH3 is 1. The van der Waals surface area contributed by atoms with E-state index in [0.717, 1.165) is 12.8 Å². The molecule has 0 N–H and O–H groups in total. The van der Waals surface area contributed by atoms with Gasteiger partial charge in [-0.15, -0.1) is 0 Å². The molecule has 0 aliphatic rings. The van der Waals surface area contributed by atoms with Gasteiger partial charge in [0.15, 0.2) is 0 Å². The summed E-state index contributed by atoms with van der Waals surface area (Å²) < 4.78 is 20.4. The number of hydrogen-bond donors (Lipinski definition) is 0. The van der Waals surface area contributed by atoms with E-state index >= 15 is 0 Å². The zero-order valence-electron chi connectivity index (χ0n) is 10.5. The van der Waals surface area contributed by atoms with E-state index in [-0.39, 0.29) is 0 Å². The number of ether oxygens (including phenoxy) is 1. The summed E-state index contributed by atoms with van der Waals surface area (Å²) in [4.78, 5) is 11.6. The van der Waals surface area contributed by atoms with Gasteiger partial charge in [-0.3, -0.25) is 0 Å². The average molecular weight is 248 g/mol. The molecular formula is C10H20O5Si. The number of hydrogen-bond acceptors (Lipinski definition) is 5. The lowest BCUT2D eigenvalue weighted by atomic mass is 10.3. The number of rotatable bonds is 7. The molecule has 0 unspecified atom stereocenters. The summed E-state index contributed by atoms with van der Waals surface area (Å²) in [5.41, 5.74) is 0. The van der Waals surface area contributed by atoms with Crippen molar-refractivity contribution in [3.8, 4) is 0 Å². The molecule has 0 saturated heterocycles. The van der Waals surface area contributed by atoms with Crippen molar-refractivity contribution in [2.45, 2.75) is 19.8 Å². The minimum absolute atomic E-state index is 0.351. The summed E-state index contributed by atoms with van der Waals surface area (Å²) in [5, 5.41) is 0.351. The van der Waals surface area contributed by atoms with Gasteiger partial charge < -0.3 is 18.0 Å². The Balaban J connectivity index is 5.19. The molecule has 0 aliphatic heterocycles. The summed E-state index contributed by atoms with van der Waals surface area (Å²) in [5.74, 6) is -0.467. The summed E-state index contributed by atoms with van der Waals surface area (Å²) >= 11 is 0. The summed E-state index contributed by atoms with van der Waals surface area (Å²) in [7, 11) is 2.62. The van der Waals surface area contributed by atoms with Crippen molar-refractivity contribution in [3.63, 3.8) is 0 Å². The van der Waals surface area contributed by atoms with E-state index in [0.29, 0.717) is 5.20 Å². The molecule has 0 heterocycles. The topological polar surface area (TPSA) is 54.0 Å². The third-order valence-electron chi connectivity index (χ3n) is 2.18. The second kappa shape index (κ2) is 7.56. The number of carbonyl (C=O) groups is 1. The zero-order chi connectivity index (χ0) is 12.6. The first kappa shape index (κ1) is 15.3. The molecule has 0 spiro atoms. The zero-order valence-corrected chi connectivity index (χ0v) is 11.5. The van der Waals surface area contributed by atoms with Crippen molar-refractivity contribution in [2.75, 3.05) is 28.4 Å². The highest BCUT2D eigenvalue weighted by Crippen LogP contribution is 2.20. The molecule has 0 amide bonds. The van der Waals surface area contributed by atoms with Crippen molar-refractivity contribution < 1.29 is 22.8 Å². The van der Waals surface area contributed by atoms with Crippen molar-refractivity contribution in [2.24, 2.45) is 0 Å². The normalized spacial score (nSPS) is 12.7. The van der Waals surface area contributed by atoms with Crippen LogP contribution < -0.4 is 0 Å². The highest BCUT2D eigenvalue weighted by molar-refractivity contribution is 6.73. The van der Waals surface area contributed by atoms with E-state index in [4.69, 9.17) is 18.0 Å². The molecule has 0 rings (SSSR count). The van der Waals surface area contributed by atoms with Crippen molar-refractivity contribution in [3.05, 3.63) is 11.3 Å². The lowest BCUT2D eigenvalue weighted by molar-refractivity contribution is -0.136. The van der Waals surface area contributed by atoms with Gasteiger partial charge in [0.25, 0.3) is 0 Å². The Labute approximate surface area is 97.7 Å². The van der Waals surface area contributed by atoms with E-state index in [1.165, 1.54) is 28.4 Å². The Bertz CT molecular complexity index is 239. The molecule has 0 aromatic heterocycles. The molecule has 0 bridgehead atoms. The van der Waals surface area contributed by atoms with Crippen molar-refractivity contribution >= 4 is 14.8 Å². The first-order valence-electron chi connectivity index (χ1n) is 5.06. The van der Waals surface area contributed by atoms with Gasteiger partial charge >= 0.3 is 14.8 Å². The molecule has 0 aliphatic carbocycles. The van der Waals surface area contributed by atoms with Crippen LogP contribution in [0.1, 0.15) is 19.8 Å². The van der Waals surface area contributed by atoms with Crippen LogP contribution in [0.3, 0.4) is 0 Å². The molecule has 6 heteroatoms. The smallest absolute Gasteiger partial charge is 0.466 e. The Morgan fingerprint density at radius 3 is 1.94 bits per heavy atom. The third-order valence-corrected chi connectivity index (χ3v) is 4.86. The number of unbranched alkanes of at least 4 members (excludes halogenated alkanes) is 1. The molecule has 0 radical (unpaired) electrons. The highest BCUT2D eigenvalue weighted by atomic mass is 28.4. The van der Waals surface area contributed by atoms with Crippen LogP contribution in [-0.4, -0.2) is 43.2 Å². The Morgan fingerprint density at radius 1 is 1.12 bits per heavy atom. The van der Waals surface area contributed by atoms with Gasteiger partial charge in [-0.25, -0.2) is 4.79 Å². The molecule has 94 valence electrons. The standard InChI is InChI=1S/C10H20O5Si/c1-6-7-8-9(10(11)12-2)16(13-3,14-4)15-5/h8H,6-7H2,1-5H3. The molecule has 0 aromatic rings. The Kier molecular flexibility index (Phi) is 7.23. The number of allylic oxidation sites excluding steroid dienone is 1. The van der Waals surface area contributed by atoms with Crippen LogP contribution in [0.15, 0.2) is 11.3 Å². The first-order valence-corrected chi connectivity index (χ1v) is 6.78. The van der Waals surface area contributed by atoms with E-state index in [9.17, 15) is 4.79 Å². The number of esters is 1. The second-order valence-corrected chi connectivity index (χ2v) is 5.94. The maximum absolute atomic E-state index is 11.6. The fraction of sp³-hybridized carbons (Fsp3) is 0.700. The second-order valence-electron chi connectivity index (χ2n) is 3.07. The van der Waals surface area contributed by atoms with Crippen molar-refractivity contribution in [1.82, 2.24) is 0 Å². The van der Waals surface area contributed by atoms with E-state index in [2.05, 4.69) is 0 Å². The minimum atomic E-state index is -3.08. The predicted octanol–water partition coefficient (Wildman–Crippen LogP) is 1.30. The van der Waals surface area contributed by atoms with Gasteiger partial charge in [-0.05, 0) is 6.42 Å². The Hall–Kier alpha value is -0.693. The van der Waals surface area contributed by atoms with Crippen LogP contribution in [0.2, 0.25) is 0 Å². The largest absolute Gasteiger partial charge is 0.543 e. The fourth-order valence-electron chi connectivity index (χ4n) is 1.31. The Morgan fingerprint density at radius 2 is 1.62 bits per heavy atom. The lowest BCUT2D eigenvalue weighted by Gasteiger charge is -2.25. The van der Waals surface area contributed by atoms with Crippen LogP contribution in [-0.2, 0) is 22.8 Å². The van der Waals surface area contributed by atoms with Gasteiger partial charge in [0, 0.05) is 21.3 Å². The monoisotopic (exact) mass is 248 g/mol. The maximum Gasteiger partial charge on any atom is 0.543 e. The van der Waals surface area contributed by atoms with Crippen molar-refractivity contribution in [1.29, 1.82) is 0 Å². The average Bonchev–Trinajstić information content (AvgIpc) is 2.34. The fourth-order valence-corrected chi connectivity index (χ4v) is 3.22. The van der Waals surface area contributed by atoms with Gasteiger partial charge in [0.1, 0.15) is 5.20 Å². The molecule has 5 nitrogen and oxygen atoms in total. The summed E-state index contributed by atoms with van der Waals surface area (Å²) in [6.07, 6.45) is 3.42. The molecule has 0 aromatic carbocycles. The highest BCUT2D eigenvalue weighted by Gasteiger charge is 2.47. The number of carbonyl (C=O) groups excluding carboxylic acids is 1. The van der Waals surface area contributed by atoms with Crippen LogP contribution >= 0.6 is 0 Å². The van der Waals surface area contributed by atoms with Gasteiger partial charge in [-0.2, -0.15) is 0 Å². The quantitative estimate of drug-likeness (QED) is 0.386. The van der Waals surface area contributed by atoms with E-state index in [1.54, 1.807) is 6.08 Å². The van der Waals surface area contributed by atoms with Gasteiger partial charge in [0.2, 0.25) is 0 Å². The third kappa shape index (κ3) is 3.41. The molecule has 0 saturated carbocycles. The van der Waals surface area contributed by atoms with Gasteiger partial charge in [0.05, 0.1) is 7.11 Å². The van der Waals surface area contributed by atoms with Crippen LogP contribution in [0.5, 0.6) is 0 Å². The SMILES string of the molecule is CCCC=C(C(=O)OC)[Si](OC)(OC)OC. The van der Waals surface area contributed by atoms with Crippen LogP contribution in [0.4, 0.5) is 0 Å². The van der Waals surface area contributed by atoms with E-state index < -0.39 is 14.8 Å². The maximum atomic E-state index is 11.6. The predicted molar refractivity (Wildman–Crippen MR) is 61.8 cm³/mol. The van der Waals surface area contributed by atoms with E-state index in [1.807, 2.05) is 6.92 Å². The molecule has 0 atom stereocenters. The first-order chi connectivity index (χ1) is 7.61. The lowest BCUT2D eigenvalue weighted by Crippen LogP contribution is -2.48. The molecule has 16 heavy (non-hydrogen) atoms. The van der Waals surface area contributed by atoms with Crippen LogP contribution in [0, 0.1) is 0 Å². The summed E-state index contributed by atoms with van der Waals surface area (Å²) in [6.45, 7) is 2.01. The minimum Gasteiger partial charge on any atom is -0.466 e. The summed E-state index contributed by atoms with van der Waals surface area (Å²) in [6, 6.07) is 0. The van der Waals surface area contributed by atoms with Crippen LogP contribution in [0.25, 0.3) is 0 Å². The molecular weight excluding hydrogens is 228 g/mol. The van der Waals surface area contributed by atoms with Gasteiger partial charge in [-0.1, -0.05) is 19.4 Å².